The molecule has 0 aromatic rings. The van der Waals surface area contributed by atoms with Gasteiger partial charge in [0.15, 0.2) is 0 Å². The Balaban J connectivity index is 3.43. The molecule has 0 aliphatic heterocycles. The maximum absolute atomic E-state index is 11.8. The highest BCUT2D eigenvalue weighted by Gasteiger charge is 2.10. The van der Waals surface area contributed by atoms with Gasteiger partial charge in [0.05, 0.1) is 45.7 Å². The molecule has 0 aliphatic rings. The number of unbranched alkanes of at least 4 members (excludes halogenated alkanes) is 1. The molecule has 0 spiro atoms. The predicted molar refractivity (Wildman–Crippen MR) is 107 cm³/mol. The lowest BCUT2D eigenvalue weighted by molar-refractivity contribution is -0.145. The van der Waals surface area contributed by atoms with Crippen molar-refractivity contribution in [3.63, 3.8) is 0 Å². The van der Waals surface area contributed by atoms with E-state index in [0.29, 0.717) is 71.6 Å². The van der Waals surface area contributed by atoms with Gasteiger partial charge in [-0.05, 0) is 32.6 Å². The molecule has 0 aliphatic carbocycles. The van der Waals surface area contributed by atoms with Crippen LogP contribution in [0.3, 0.4) is 0 Å². The summed E-state index contributed by atoms with van der Waals surface area (Å²) >= 11 is 0. The van der Waals surface area contributed by atoms with E-state index in [-0.39, 0.29) is 12.1 Å². The molecule has 2 atom stereocenters. The second-order valence-electron chi connectivity index (χ2n) is 6.77. The molecule has 0 aromatic carbocycles. The van der Waals surface area contributed by atoms with E-state index in [2.05, 4.69) is 13.8 Å². The van der Waals surface area contributed by atoms with Crippen LogP contribution >= 0.6 is 0 Å². The van der Waals surface area contributed by atoms with Crippen LogP contribution < -0.4 is 0 Å². The first kappa shape index (κ1) is 26.3. The minimum atomic E-state index is -0.123. The van der Waals surface area contributed by atoms with Gasteiger partial charge in [0.2, 0.25) is 0 Å². The molecule has 0 heterocycles. The van der Waals surface area contributed by atoms with E-state index < -0.39 is 0 Å². The molecule has 27 heavy (non-hydrogen) atoms. The maximum Gasteiger partial charge on any atom is 0.305 e. The van der Waals surface area contributed by atoms with Crippen LogP contribution in [0.2, 0.25) is 0 Å². The Labute approximate surface area is 166 Å². The normalized spacial score (nSPS) is 13.5. The summed E-state index contributed by atoms with van der Waals surface area (Å²) in [6, 6.07) is 0. The van der Waals surface area contributed by atoms with Crippen molar-refractivity contribution in [2.24, 2.45) is 5.92 Å². The first-order valence-electron chi connectivity index (χ1n) is 10.6. The summed E-state index contributed by atoms with van der Waals surface area (Å²) in [5.74, 6) is 0.370. The minimum absolute atomic E-state index is 0.0319. The summed E-state index contributed by atoms with van der Waals surface area (Å²) in [7, 11) is 0. The molecule has 6 heteroatoms. The zero-order valence-corrected chi connectivity index (χ0v) is 18.0. The molecule has 0 saturated carbocycles. The fourth-order valence-electron chi connectivity index (χ4n) is 2.47. The van der Waals surface area contributed by atoms with Crippen molar-refractivity contribution in [3.05, 3.63) is 0 Å². The van der Waals surface area contributed by atoms with Gasteiger partial charge in [-0.2, -0.15) is 0 Å². The predicted octanol–water partition coefficient (Wildman–Crippen LogP) is 4.00. The van der Waals surface area contributed by atoms with Gasteiger partial charge in [0.1, 0.15) is 0 Å². The van der Waals surface area contributed by atoms with Gasteiger partial charge < -0.3 is 23.7 Å². The number of rotatable bonds is 20. The zero-order valence-electron chi connectivity index (χ0n) is 18.0. The van der Waals surface area contributed by atoms with Crippen LogP contribution in [-0.4, -0.2) is 64.9 Å². The van der Waals surface area contributed by atoms with E-state index >= 15 is 0 Å². The van der Waals surface area contributed by atoms with Crippen molar-refractivity contribution < 1.29 is 28.5 Å². The Kier molecular flexibility index (Phi) is 19.5. The molecule has 0 bridgehead atoms. The highest BCUT2D eigenvalue weighted by Crippen LogP contribution is 2.13. The van der Waals surface area contributed by atoms with E-state index in [9.17, 15) is 4.79 Å². The molecular weight excluding hydrogens is 348 g/mol. The van der Waals surface area contributed by atoms with Gasteiger partial charge in [-0.25, -0.2) is 0 Å². The van der Waals surface area contributed by atoms with Crippen LogP contribution in [0.1, 0.15) is 66.2 Å². The molecule has 0 aromatic heterocycles. The fourth-order valence-corrected chi connectivity index (χ4v) is 2.47. The lowest BCUT2D eigenvalue weighted by Crippen LogP contribution is -2.20. The second kappa shape index (κ2) is 20.1. The molecular formula is C21H42O6. The molecule has 0 radical (unpaired) electrons. The highest BCUT2D eigenvalue weighted by molar-refractivity contribution is 5.69. The van der Waals surface area contributed by atoms with Crippen molar-refractivity contribution in [1.82, 2.24) is 0 Å². The lowest BCUT2D eigenvalue weighted by atomic mass is 10.0. The molecule has 162 valence electrons. The Hall–Kier alpha value is -0.690. The monoisotopic (exact) mass is 390 g/mol. The van der Waals surface area contributed by atoms with Gasteiger partial charge in [0, 0.05) is 19.6 Å². The van der Waals surface area contributed by atoms with Gasteiger partial charge in [0.25, 0.3) is 0 Å². The number of carbonyl (C=O) groups excluding carboxylic acids is 1. The number of ether oxygens (including phenoxy) is 5. The van der Waals surface area contributed by atoms with Gasteiger partial charge in [-0.1, -0.05) is 33.1 Å². The van der Waals surface area contributed by atoms with E-state index in [1.54, 1.807) is 0 Å². The number of hydrogen-bond acceptors (Lipinski definition) is 6. The Morgan fingerprint density at radius 2 is 1.59 bits per heavy atom. The summed E-state index contributed by atoms with van der Waals surface area (Å²) in [4.78, 5) is 11.8. The van der Waals surface area contributed by atoms with Gasteiger partial charge in [-0.15, -0.1) is 0 Å². The van der Waals surface area contributed by atoms with Crippen molar-refractivity contribution in [1.29, 1.82) is 0 Å². The molecule has 6 nitrogen and oxygen atoms in total. The summed E-state index contributed by atoms with van der Waals surface area (Å²) in [5, 5.41) is 0. The summed E-state index contributed by atoms with van der Waals surface area (Å²) in [5.41, 5.74) is 0. The van der Waals surface area contributed by atoms with Gasteiger partial charge in [-0.3, -0.25) is 4.79 Å². The summed E-state index contributed by atoms with van der Waals surface area (Å²) < 4.78 is 27.1. The van der Waals surface area contributed by atoms with E-state index in [1.165, 1.54) is 12.8 Å². The fraction of sp³-hybridized carbons (Fsp3) is 0.952. The van der Waals surface area contributed by atoms with Crippen molar-refractivity contribution >= 4 is 5.97 Å². The van der Waals surface area contributed by atoms with Crippen LogP contribution in [0.5, 0.6) is 0 Å². The van der Waals surface area contributed by atoms with E-state index in [4.69, 9.17) is 23.7 Å². The summed E-state index contributed by atoms with van der Waals surface area (Å²) in [6.45, 7) is 12.9. The van der Waals surface area contributed by atoms with E-state index in [1.807, 2.05) is 13.8 Å². The lowest BCUT2D eigenvalue weighted by Gasteiger charge is -2.15. The number of esters is 1. The van der Waals surface area contributed by atoms with Crippen LogP contribution in [-0.2, 0) is 28.5 Å². The zero-order chi connectivity index (χ0) is 20.2. The molecule has 0 amide bonds. The average molecular weight is 391 g/mol. The standard InChI is InChI=1S/C21H42O6/c1-5-8-10-20(6-2)18-27-21(22)11-9-12-24-15-16-26-19(4)17-25-14-13-23-7-3/h19-20H,5-18H2,1-4H3. The summed E-state index contributed by atoms with van der Waals surface area (Å²) in [6.07, 6.45) is 5.71. The SMILES string of the molecule is CCCCC(CC)COC(=O)CCCOCCOC(C)COCCOCC. The largest absolute Gasteiger partial charge is 0.465 e. The molecule has 2 unspecified atom stereocenters. The quantitative estimate of drug-likeness (QED) is 0.231. The van der Waals surface area contributed by atoms with Crippen LogP contribution in [0, 0.1) is 5.92 Å². The minimum Gasteiger partial charge on any atom is -0.465 e. The van der Waals surface area contributed by atoms with Crippen LogP contribution in [0.25, 0.3) is 0 Å². The molecule has 0 saturated heterocycles. The van der Waals surface area contributed by atoms with E-state index in [0.717, 1.165) is 12.8 Å². The second-order valence-corrected chi connectivity index (χ2v) is 6.77. The third-order valence-electron chi connectivity index (χ3n) is 4.25. The Morgan fingerprint density at radius 3 is 2.30 bits per heavy atom. The molecule has 0 N–H and O–H groups in total. The number of carbonyl (C=O) groups is 1. The Bertz CT molecular complexity index is 324. The molecule has 0 fully saturated rings. The van der Waals surface area contributed by atoms with Crippen LogP contribution in [0.4, 0.5) is 0 Å². The first-order valence-corrected chi connectivity index (χ1v) is 10.6. The Morgan fingerprint density at radius 1 is 0.852 bits per heavy atom. The smallest absolute Gasteiger partial charge is 0.305 e. The van der Waals surface area contributed by atoms with Crippen molar-refractivity contribution in [2.45, 2.75) is 72.3 Å². The topological polar surface area (TPSA) is 63.2 Å². The third kappa shape index (κ3) is 18.4. The van der Waals surface area contributed by atoms with Gasteiger partial charge >= 0.3 is 5.97 Å². The maximum atomic E-state index is 11.8. The highest BCUT2D eigenvalue weighted by atomic mass is 16.6. The third-order valence-corrected chi connectivity index (χ3v) is 4.25. The average Bonchev–Trinajstić information content (AvgIpc) is 2.67. The first-order chi connectivity index (χ1) is 13.1. The van der Waals surface area contributed by atoms with Crippen molar-refractivity contribution in [2.75, 3.05) is 52.9 Å². The van der Waals surface area contributed by atoms with Crippen molar-refractivity contribution in [3.8, 4) is 0 Å². The molecule has 0 rings (SSSR count). The van der Waals surface area contributed by atoms with Crippen LogP contribution in [0.15, 0.2) is 0 Å². The number of hydrogen-bond donors (Lipinski definition) is 0.